The van der Waals surface area contributed by atoms with Crippen LogP contribution >= 0.6 is 0 Å². The molecule has 0 aliphatic carbocycles. The van der Waals surface area contributed by atoms with Crippen LogP contribution in [0.2, 0.25) is 0 Å². The molecular weight excluding hydrogens is 352 g/mol. The van der Waals surface area contributed by atoms with Crippen LogP contribution in [-0.4, -0.2) is 53.5 Å². The number of ether oxygens (including phenoxy) is 4. The smallest absolute Gasteiger partial charge is 0.338 e. The minimum absolute atomic E-state index is 0.137. The van der Waals surface area contributed by atoms with Crippen LogP contribution in [0.1, 0.15) is 22.2 Å². The molecule has 0 amide bonds. The average Bonchev–Trinajstić information content (AvgIpc) is 2.72. The zero-order chi connectivity index (χ0) is 18.8. The summed E-state index contributed by atoms with van der Waals surface area (Å²) in [5.41, 5.74) is 1.11. The minimum atomic E-state index is -1.48. The van der Waals surface area contributed by atoms with Gasteiger partial charge in [0.15, 0.2) is 18.7 Å². The summed E-state index contributed by atoms with van der Waals surface area (Å²) >= 11 is 0. The van der Waals surface area contributed by atoms with E-state index >= 15 is 0 Å². The van der Waals surface area contributed by atoms with Gasteiger partial charge in [0.1, 0.15) is 18.3 Å². The van der Waals surface area contributed by atoms with Crippen molar-refractivity contribution in [3.05, 3.63) is 71.8 Å². The number of hydrogen-bond donors (Lipinski definition) is 2. The molecule has 2 heterocycles. The predicted octanol–water partition coefficient (Wildman–Crippen LogP) is 1.40. The lowest BCUT2D eigenvalue weighted by atomic mass is 9.97. The molecule has 2 aromatic carbocycles. The molecule has 2 fully saturated rings. The predicted molar refractivity (Wildman–Crippen MR) is 92.5 cm³/mol. The third-order valence-electron chi connectivity index (χ3n) is 4.65. The quantitative estimate of drug-likeness (QED) is 0.787. The largest absolute Gasteiger partial charge is 0.450 e. The molecule has 2 aromatic rings. The molecule has 0 radical (unpaired) electrons. The molecule has 2 aliphatic heterocycles. The Bertz CT molecular complexity index is 766. The lowest BCUT2D eigenvalue weighted by Gasteiger charge is -2.46. The van der Waals surface area contributed by atoms with Crippen LogP contribution in [0.25, 0.3) is 0 Å². The highest BCUT2D eigenvalue weighted by atomic mass is 16.7. The van der Waals surface area contributed by atoms with Gasteiger partial charge < -0.3 is 29.2 Å². The first-order valence-electron chi connectivity index (χ1n) is 8.73. The van der Waals surface area contributed by atoms with Gasteiger partial charge in [0, 0.05) is 5.56 Å². The third kappa shape index (κ3) is 3.73. The van der Waals surface area contributed by atoms with Gasteiger partial charge in [-0.15, -0.1) is 0 Å². The number of carbonyl (C=O) groups is 1. The van der Waals surface area contributed by atoms with Crippen LogP contribution < -0.4 is 0 Å². The number of benzene rings is 2. The van der Waals surface area contributed by atoms with E-state index in [2.05, 4.69) is 0 Å². The molecule has 0 saturated carbocycles. The fourth-order valence-electron chi connectivity index (χ4n) is 3.25. The van der Waals surface area contributed by atoms with Gasteiger partial charge in [-0.05, 0) is 12.1 Å². The third-order valence-corrected chi connectivity index (χ3v) is 4.65. The van der Waals surface area contributed by atoms with Crippen LogP contribution in [0.3, 0.4) is 0 Å². The molecule has 2 N–H and O–H groups in total. The normalized spacial score (nSPS) is 33.1. The van der Waals surface area contributed by atoms with Crippen molar-refractivity contribution in [2.75, 3.05) is 6.61 Å². The first-order valence-corrected chi connectivity index (χ1v) is 8.73. The van der Waals surface area contributed by atoms with E-state index in [0.717, 1.165) is 5.56 Å². The maximum absolute atomic E-state index is 12.3. The van der Waals surface area contributed by atoms with E-state index in [4.69, 9.17) is 18.9 Å². The van der Waals surface area contributed by atoms with Crippen molar-refractivity contribution in [2.24, 2.45) is 0 Å². The topological polar surface area (TPSA) is 94.5 Å². The van der Waals surface area contributed by atoms with E-state index in [9.17, 15) is 15.0 Å². The Balaban J connectivity index is 1.48. The fraction of sp³-hybridized carbons (Fsp3) is 0.350. The average molecular weight is 372 g/mol. The molecule has 2 aliphatic rings. The van der Waals surface area contributed by atoms with Crippen LogP contribution in [-0.2, 0) is 18.9 Å². The molecule has 27 heavy (non-hydrogen) atoms. The number of esters is 1. The van der Waals surface area contributed by atoms with Crippen LogP contribution in [0, 0.1) is 0 Å². The van der Waals surface area contributed by atoms with Crippen LogP contribution in [0.15, 0.2) is 60.7 Å². The number of hydrogen-bond acceptors (Lipinski definition) is 7. The van der Waals surface area contributed by atoms with Gasteiger partial charge >= 0.3 is 5.97 Å². The Morgan fingerprint density at radius 2 is 1.63 bits per heavy atom. The molecule has 1 unspecified atom stereocenters. The summed E-state index contributed by atoms with van der Waals surface area (Å²) in [4.78, 5) is 12.3. The SMILES string of the molecule is O=C(O[C@@H]1[C@@H](O)[C@@H]2OC(c3ccccc3)OC[C@H]2O[C@H]1O)c1ccccc1. The first kappa shape index (κ1) is 18.1. The van der Waals surface area contributed by atoms with Crippen molar-refractivity contribution < 1.29 is 34.0 Å². The summed E-state index contributed by atoms with van der Waals surface area (Å²) in [6, 6.07) is 17.6. The van der Waals surface area contributed by atoms with E-state index < -0.39 is 43.0 Å². The van der Waals surface area contributed by atoms with E-state index in [0.29, 0.717) is 5.56 Å². The Hall–Kier alpha value is -2.29. The summed E-state index contributed by atoms with van der Waals surface area (Å²) < 4.78 is 22.3. The molecule has 142 valence electrons. The van der Waals surface area contributed by atoms with Gasteiger partial charge in [-0.1, -0.05) is 48.5 Å². The summed E-state index contributed by atoms with van der Waals surface area (Å²) in [6.45, 7) is 0.137. The molecule has 0 spiro atoms. The lowest BCUT2D eigenvalue weighted by molar-refractivity contribution is -0.353. The molecule has 2 saturated heterocycles. The van der Waals surface area contributed by atoms with Crippen molar-refractivity contribution >= 4 is 5.97 Å². The van der Waals surface area contributed by atoms with Crippen molar-refractivity contribution in [3.63, 3.8) is 0 Å². The zero-order valence-corrected chi connectivity index (χ0v) is 14.4. The maximum atomic E-state index is 12.3. The van der Waals surface area contributed by atoms with Crippen LogP contribution in [0.5, 0.6) is 0 Å². The Labute approximate surface area is 156 Å². The molecule has 4 rings (SSSR count). The molecule has 6 atom stereocenters. The number of rotatable bonds is 3. The highest BCUT2D eigenvalue weighted by Gasteiger charge is 2.50. The van der Waals surface area contributed by atoms with Crippen molar-refractivity contribution in [1.29, 1.82) is 0 Å². The second kappa shape index (κ2) is 7.75. The van der Waals surface area contributed by atoms with Gasteiger partial charge in [0.05, 0.1) is 12.2 Å². The number of carbonyl (C=O) groups excluding carboxylic acids is 1. The second-order valence-corrected chi connectivity index (χ2v) is 6.47. The van der Waals surface area contributed by atoms with Gasteiger partial charge in [0.2, 0.25) is 0 Å². The molecule has 0 bridgehead atoms. The minimum Gasteiger partial charge on any atom is -0.450 e. The van der Waals surface area contributed by atoms with E-state index in [1.165, 1.54) is 0 Å². The maximum Gasteiger partial charge on any atom is 0.338 e. The lowest BCUT2D eigenvalue weighted by Crippen LogP contribution is -2.62. The number of aliphatic hydroxyl groups excluding tert-OH is 2. The Kier molecular flexibility index (Phi) is 5.20. The van der Waals surface area contributed by atoms with Gasteiger partial charge in [-0.3, -0.25) is 0 Å². The fourth-order valence-corrected chi connectivity index (χ4v) is 3.25. The summed E-state index contributed by atoms with van der Waals surface area (Å²) in [6.07, 6.45) is -6.15. The number of aliphatic hydroxyl groups is 2. The highest BCUT2D eigenvalue weighted by Crippen LogP contribution is 2.34. The Morgan fingerprint density at radius 1 is 0.963 bits per heavy atom. The number of fused-ring (bicyclic) bond motifs is 1. The monoisotopic (exact) mass is 372 g/mol. The summed E-state index contributed by atoms with van der Waals surface area (Å²) in [5, 5.41) is 20.9. The first-order chi connectivity index (χ1) is 13.1. The van der Waals surface area contributed by atoms with Gasteiger partial charge in [-0.2, -0.15) is 0 Å². The second-order valence-electron chi connectivity index (χ2n) is 6.47. The van der Waals surface area contributed by atoms with Crippen molar-refractivity contribution in [2.45, 2.75) is 37.0 Å². The standard InChI is InChI=1S/C20H20O7/c21-15-16-14(11-24-20(27-16)13-9-5-2-6-10-13)25-19(23)17(15)26-18(22)12-7-3-1-4-8-12/h1-10,14-17,19-21,23H,11H2/t14-,15+,16-,17-,19-,20?/m1/s1. The van der Waals surface area contributed by atoms with Crippen molar-refractivity contribution in [3.8, 4) is 0 Å². The summed E-state index contributed by atoms with van der Waals surface area (Å²) in [5.74, 6) is -0.660. The van der Waals surface area contributed by atoms with Crippen LogP contribution in [0.4, 0.5) is 0 Å². The molecule has 7 heteroatoms. The molecular formula is C20H20O7. The zero-order valence-electron chi connectivity index (χ0n) is 14.4. The van der Waals surface area contributed by atoms with Crippen molar-refractivity contribution in [1.82, 2.24) is 0 Å². The molecule has 7 nitrogen and oxygen atoms in total. The van der Waals surface area contributed by atoms with E-state index in [1.807, 2.05) is 30.3 Å². The highest BCUT2D eigenvalue weighted by molar-refractivity contribution is 5.89. The molecule has 0 aromatic heterocycles. The summed E-state index contributed by atoms with van der Waals surface area (Å²) in [7, 11) is 0. The van der Waals surface area contributed by atoms with Gasteiger partial charge in [0.25, 0.3) is 0 Å². The van der Waals surface area contributed by atoms with Gasteiger partial charge in [-0.25, -0.2) is 4.79 Å². The Morgan fingerprint density at radius 3 is 2.33 bits per heavy atom. The van der Waals surface area contributed by atoms with E-state index in [-0.39, 0.29) is 6.61 Å². The van der Waals surface area contributed by atoms with E-state index in [1.54, 1.807) is 30.3 Å².